The van der Waals surface area contributed by atoms with Crippen molar-refractivity contribution in [3.63, 3.8) is 0 Å². The number of hydrogen-bond donors (Lipinski definition) is 0. The molecule has 0 unspecified atom stereocenters. The van der Waals surface area contributed by atoms with E-state index in [1.807, 2.05) is 38.1 Å². The van der Waals surface area contributed by atoms with Gasteiger partial charge in [-0.1, -0.05) is 43.2 Å². The van der Waals surface area contributed by atoms with Gasteiger partial charge >= 0.3 is 0 Å². The maximum absolute atomic E-state index is 13.0. The van der Waals surface area contributed by atoms with Crippen LogP contribution in [-0.2, 0) is 22.6 Å². The average Bonchev–Trinajstić information content (AvgIpc) is 3.35. The first kappa shape index (κ1) is 19.6. The number of imide groups is 1. The van der Waals surface area contributed by atoms with E-state index in [1.165, 1.54) is 10.5 Å². The molecule has 1 aromatic carbocycles. The maximum atomic E-state index is 13.0. The van der Waals surface area contributed by atoms with Crippen LogP contribution in [-0.4, -0.2) is 33.6 Å². The summed E-state index contributed by atoms with van der Waals surface area (Å²) in [6, 6.07) is 12.1. The van der Waals surface area contributed by atoms with Crippen molar-refractivity contribution in [3.8, 4) is 0 Å². The minimum absolute atomic E-state index is 0.133. The first-order valence-corrected chi connectivity index (χ1v) is 10.5. The van der Waals surface area contributed by atoms with Gasteiger partial charge in [0.25, 0.3) is 0 Å². The molecule has 4 rings (SSSR count). The van der Waals surface area contributed by atoms with Crippen LogP contribution in [0.2, 0.25) is 0 Å². The SMILES string of the molecule is Cc1cc(C(=O)CN2C(=O)CC3(CCCC3)C2=O)c(C)n1CCc1ccccc1. The zero-order valence-electron chi connectivity index (χ0n) is 17.2. The molecule has 1 aromatic heterocycles. The average molecular weight is 392 g/mol. The summed E-state index contributed by atoms with van der Waals surface area (Å²) in [6.07, 6.45) is 4.69. The highest BCUT2D eigenvalue weighted by Crippen LogP contribution is 2.46. The van der Waals surface area contributed by atoms with Gasteiger partial charge in [0.05, 0.1) is 12.0 Å². The van der Waals surface area contributed by atoms with E-state index >= 15 is 0 Å². The van der Waals surface area contributed by atoms with Gasteiger partial charge in [-0.3, -0.25) is 19.3 Å². The monoisotopic (exact) mass is 392 g/mol. The summed E-state index contributed by atoms with van der Waals surface area (Å²) in [5, 5.41) is 0. The molecule has 2 aromatic rings. The fourth-order valence-corrected chi connectivity index (χ4v) is 5.00. The Balaban J connectivity index is 1.48. The number of rotatable bonds is 6. The normalized spacial score (nSPS) is 18.2. The summed E-state index contributed by atoms with van der Waals surface area (Å²) in [7, 11) is 0. The maximum Gasteiger partial charge on any atom is 0.236 e. The Kier molecular flexibility index (Phi) is 5.15. The zero-order valence-corrected chi connectivity index (χ0v) is 17.2. The highest BCUT2D eigenvalue weighted by atomic mass is 16.2. The number of ketones is 1. The van der Waals surface area contributed by atoms with Gasteiger partial charge in [-0.15, -0.1) is 0 Å². The van der Waals surface area contributed by atoms with E-state index in [0.717, 1.165) is 50.0 Å². The van der Waals surface area contributed by atoms with Crippen LogP contribution < -0.4 is 0 Å². The number of carbonyl (C=O) groups excluding carboxylic acids is 3. The lowest BCUT2D eigenvalue weighted by Crippen LogP contribution is -2.38. The Morgan fingerprint density at radius 1 is 1.07 bits per heavy atom. The molecule has 5 heteroatoms. The molecule has 0 N–H and O–H groups in total. The Labute approximate surface area is 171 Å². The molecule has 2 heterocycles. The fraction of sp³-hybridized carbons (Fsp3) is 0.458. The summed E-state index contributed by atoms with van der Waals surface area (Å²) >= 11 is 0. The summed E-state index contributed by atoms with van der Waals surface area (Å²) in [6.45, 7) is 4.59. The molecule has 1 aliphatic heterocycles. The topological polar surface area (TPSA) is 59.4 Å². The molecule has 1 saturated carbocycles. The Bertz CT molecular complexity index is 952. The summed E-state index contributed by atoms with van der Waals surface area (Å²) in [4.78, 5) is 39.6. The van der Waals surface area contributed by atoms with Gasteiger partial charge in [-0.25, -0.2) is 0 Å². The van der Waals surface area contributed by atoms with Gasteiger partial charge in [0, 0.05) is 29.9 Å². The lowest BCUT2D eigenvalue weighted by atomic mass is 9.84. The molecule has 29 heavy (non-hydrogen) atoms. The zero-order chi connectivity index (χ0) is 20.6. The number of amides is 2. The van der Waals surface area contributed by atoms with Crippen LogP contribution in [0.15, 0.2) is 36.4 Å². The van der Waals surface area contributed by atoms with Crippen LogP contribution in [0.3, 0.4) is 0 Å². The van der Waals surface area contributed by atoms with Crippen LogP contribution >= 0.6 is 0 Å². The largest absolute Gasteiger partial charge is 0.348 e. The van der Waals surface area contributed by atoms with Gasteiger partial charge in [0.2, 0.25) is 11.8 Å². The smallest absolute Gasteiger partial charge is 0.236 e. The van der Waals surface area contributed by atoms with Crippen LogP contribution in [0.25, 0.3) is 0 Å². The first-order chi connectivity index (χ1) is 13.9. The van der Waals surface area contributed by atoms with E-state index in [0.29, 0.717) is 5.56 Å². The molecule has 0 bridgehead atoms. The number of hydrogen-bond acceptors (Lipinski definition) is 3. The van der Waals surface area contributed by atoms with E-state index in [9.17, 15) is 14.4 Å². The Morgan fingerprint density at radius 3 is 2.45 bits per heavy atom. The van der Waals surface area contributed by atoms with Crippen LogP contribution in [0, 0.1) is 19.3 Å². The van der Waals surface area contributed by atoms with Crippen LogP contribution in [0.4, 0.5) is 0 Å². The van der Waals surface area contributed by atoms with E-state index in [-0.39, 0.29) is 30.6 Å². The van der Waals surface area contributed by atoms with E-state index in [2.05, 4.69) is 16.7 Å². The second-order valence-electron chi connectivity index (χ2n) is 8.54. The molecule has 0 radical (unpaired) electrons. The fourth-order valence-electron chi connectivity index (χ4n) is 5.00. The van der Waals surface area contributed by atoms with Crippen molar-refractivity contribution in [3.05, 3.63) is 58.9 Å². The lowest BCUT2D eigenvalue weighted by Gasteiger charge is -2.20. The van der Waals surface area contributed by atoms with Crippen molar-refractivity contribution in [2.75, 3.05) is 6.54 Å². The Morgan fingerprint density at radius 2 is 1.76 bits per heavy atom. The standard InChI is InChI=1S/C24H28N2O3/c1-17-14-20(18(2)25(17)13-10-19-8-4-3-5-9-19)21(27)16-26-22(28)15-24(23(26)29)11-6-7-12-24/h3-5,8-9,14H,6-7,10-13,15-16H2,1-2H3. The predicted molar refractivity (Wildman–Crippen MR) is 111 cm³/mol. The summed E-state index contributed by atoms with van der Waals surface area (Å²) in [5.74, 6) is -0.477. The third-order valence-corrected chi connectivity index (χ3v) is 6.69. The number of aryl methyl sites for hydroxylation is 2. The van der Waals surface area contributed by atoms with Gasteiger partial charge in [-0.05, 0) is 44.7 Å². The predicted octanol–water partition coefficient (Wildman–Crippen LogP) is 3.85. The number of nitrogens with zero attached hydrogens (tertiary/aromatic N) is 2. The number of carbonyl (C=O) groups is 3. The highest BCUT2D eigenvalue weighted by Gasteiger charge is 2.52. The molecule has 2 aliphatic rings. The first-order valence-electron chi connectivity index (χ1n) is 10.5. The molecular weight excluding hydrogens is 364 g/mol. The minimum atomic E-state index is -0.524. The van der Waals surface area contributed by atoms with Gasteiger partial charge in [-0.2, -0.15) is 0 Å². The molecule has 152 valence electrons. The molecule has 2 amide bonds. The van der Waals surface area contributed by atoms with Crippen molar-refractivity contribution in [2.45, 2.75) is 58.9 Å². The van der Waals surface area contributed by atoms with E-state index in [4.69, 9.17) is 0 Å². The van der Waals surface area contributed by atoms with Gasteiger partial charge in [0.1, 0.15) is 0 Å². The Hall–Kier alpha value is -2.69. The quantitative estimate of drug-likeness (QED) is 0.554. The lowest BCUT2D eigenvalue weighted by molar-refractivity contribution is -0.140. The third kappa shape index (κ3) is 3.54. The van der Waals surface area contributed by atoms with Gasteiger partial charge < -0.3 is 4.57 Å². The molecule has 1 aliphatic carbocycles. The summed E-state index contributed by atoms with van der Waals surface area (Å²) < 4.78 is 2.15. The second kappa shape index (κ2) is 7.62. The van der Waals surface area contributed by atoms with Crippen LogP contribution in [0.5, 0.6) is 0 Å². The van der Waals surface area contributed by atoms with E-state index < -0.39 is 5.41 Å². The van der Waals surface area contributed by atoms with Crippen molar-refractivity contribution in [1.29, 1.82) is 0 Å². The van der Waals surface area contributed by atoms with Gasteiger partial charge in [0.15, 0.2) is 5.78 Å². The number of likely N-dealkylation sites (tertiary alicyclic amines) is 1. The highest BCUT2D eigenvalue weighted by molar-refractivity contribution is 6.10. The van der Waals surface area contributed by atoms with Crippen molar-refractivity contribution < 1.29 is 14.4 Å². The number of aromatic nitrogens is 1. The van der Waals surface area contributed by atoms with Crippen LogP contribution in [0.1, 0.15) is 59.4 Å². The molecule has 5 nitrogen and oxygen atoms in total. The molecular formula is C24H28N2O3. The molecule has 1 spiro atoms. The van der Waals surface area contributed by atoms with Crippen molar-refractivity contribution in [2.24, 2.45) is 5.41 Å². The molecule has 1 saturated heterocycles. The molecule has 2 fully saturated rings. The third-order valence-electron chi connectivity index (χ3n) is 6.69. The summed E-state index contributed by atoms with van der Waals surface area (Å²) in [5.41, 5.74) is 3.27. The number of Topliss-reactive ketones (excluding diaryl/α,β-unsaturated/α-hetero) is 1. The minimum Gasteiger partial charge on any atom is -0.348 e. The van der Waals surface area contributed by atoms with E-state index in [1.54, 1.807) is 0 Å². The molecule has 0 atom stereocenters. The van der Waals surface area contributed by atoms with Crippen molar-refractivity contribution >= 4 is 17.6 Å². The van der Waals surface area contributed by atoms with Crippen molar-refractivity contribution in [1.82, 2.24) is 9.47 Å². The number of benzene rings is 1. The second-order valence-corrected chi connectivity index (χ2v) is 8.54.